The first-order valence-corrected chi connectivity index (χ1v) is 6.76. The molecule has 2 heterocycles. The van der Waals surface area contributed by atoms with Crippen LogP contribution in [-0.4, -0.2) is 22.4 Å². The van der Waals surface area contributed by atoms with Crippen LogP contribution in [0.3, 0.4) is 0 Å². The Morgan fingerprint density at radius 2 is 2.31 bits per heavy atom. The van der Waals surface area contributed by atoms with Crippen LogP contribution in [0, 0.1) is 5.92 Å². The first kappa shape index (κ1) is 11.5. The molecular formula is C12H16N2OS. The smallest absolute Gasteiger partial charge is 0.224 e. The number of hydrogen-bond donors (Lipinski definition) is 1. The highest BCUT2D eigenvalue weighted by atomic mass is 32.2. The van der Waals surface area contributed by atoms with E-state index in [4.69, 9.17) is 0 Å². The number of hydrogen-bond acceptors (Lipinski definition) is 3. The van der Waals surface area contributed by atoms with E-state index in [1.807, 2.05) is 23.9 Å². The van der Waals surface area contributed by atoms with Gasteiger partial charge in [0.15, 0.2) is 0 Å². The highest BCUT2D eigenvalue weighted by molar-refractivity contribution is 7.99. The maximum Gasteiger partial charge on any atom is 0.224 e. The van der Waals surface area contributed by atoms with Gasteiger partial charge in [0, 0.05) is 30.6 Å². The van der Waals surface area contributed by atoms with Gasteiger partial charge in [-0.3, -0.25) is 9.78 Å². The zero-order valence-electron chi connectivity index (χ0n) is 9.19. The molecular weight excluding hydrogens is 220 g/mol. The number of carbonyl (C=O) groups is 1. The third-order valence-electron chi connectivity index (χ3n) is 2.75. The van der Waals surface area contributed by atoms with Crippen LogP contribution in [0.1, 0.15) is 18.4 Å². The number of nitrogens with zero attached hydrogens (tertiary/aromatic N) is 1. The highest BCUT2D eigenvalue weighted by Gasteiger charge is 2.20. The fourth-order valence-electron chi connectivity index (χ4n) is 1.78. The lowest BCUT2D eigenvalue weighted by molar-refractivity contribution is -0.124. The maximum absolute atomic E-state index is 11.8. The van der Waals surface area contributed by atoms with Crippen molar-refractivity contribution in [3.63, 3.8) is 0 Å². The van der Waals surface area contributed by atoms with Gasteiger partial charge in [-0.1, -0.05) is 0 Å². The van der Waals surface area contributed by atoms with E-state index < -0.39 is 0 Å². The third kappa shape index (κ3) is 3.23. The van der Waals surface area contributed by atoms with Gasteiger partial charge in [0.2, 0.25) is 5.91 Å². The van der Waals surface area contributed by atoms with Gasteiger partial charge >= 0.3 is 0 Å². The van der Waals surface area contributed by atoms with Gasteiger partial charge < -0.3 is 5.32 Å². The molecule has 3 nitrogen and oxygen atoms in total. The summed E-state index contributed by atoms with van der Waals surface area (Å²) in [5.41, 5.74) is 1.10. The second kappa shape index (κ2) is 5.89. The predicted octanol–water partition coefficient (Wildman–Crippen LogP) is 1.84. The van der Waals surface area contributed by atoms with Gasteiger partial charge in [0.1, 0.15) is 0 Å². The van der Waals surface area contributed by atoms with E-state index in [1.54, 1.807) is 12.4 Å². The molecule has 0 bridgehead atoms. The molecule has 1 unspecified atom stereocenters. The molecule has 2 rings (SSSR count). The molecule has 4 heteroatoms. The average molecular weight is 236 g/mol. The van der Waals surface area contributed by atoms with E-state index in [9.17, 15) is 4.79 Å². The second-order valence-corrected chi connectivity index (χ2v) is 5.14. The summed E-state index contributed by atoms with van der Waals surface area (Å²) in [5, 5.41) is 2.99. The molecule has 1 amide bonds. The van der Waals surface area contributed by atoms with Gasteiger partial charge in [0.25, 0.3) is 0 Å². The normalized spacial score (nSPS) is 20.4. The molecule has 1 atom stereocenters. The predicted molar refractivity (Wildman–Crippen MR) is 66.1 cm³/mol. The lowest BCUT2D eigenvalue weighted by atomic mass is 10.0. The SMILES string of the molecule is O=C(NCc1ccncc1)C1CCCSC1. The van der Waals surface area contributed by atoms with Crippen molar-refractivity contribution >= 4 is 17.7 Å². The minimum absolute atomic E-state index is 0.198. The van der Waals surface area contributed by atoms with E-state index >= 15 is 0 Å². The monoisotopic (exact) mass is 236 g/mol. The molecule has 0 radical (unpaired) electrons. The van der Waals surface area contributed by atoms with Crippen LogP contribution in [0.2, 0.25) is 0 Å². The van der Waals surface area contributed by atoms with Gasteiger partial charge in [-0.2, -0.15) is 11.8 Å². The quantitative estimate of drug-likeness (QED) is 0.870. The average Bonchev–Trinajstić information content (AvgIpc) is 2.38. The Bertz CT molecular complexity index is 336. The van der Waals surface area contributed by atoms with Crippen molar-refractivity contribution in [1.29, 1.82) is 0 Å². The van der Waals surface area contributed by atoms with Crippen molar-refractivity contribution in [2.24, 2.45) is 5.92 Å². The Balaban J connectivity index is 1.79. The third-order valence-corrected chi connectivity index (χ3v) is 3.96. The first-order chi connectivity index (χ1) is 7.86. The van der Waals surface area contributed by atoms with Crippen LogP contribution in [0.5, 0.6) is 0 Å². The molecule has 1 aliphatic rings. The highest BCUT2D eigenvalue weighted by Crippen LogP contribution is 2.22. The summed E-state index contributed by atoms with van der Waals surface area (Å²) < 4.78 is 0. The lowest BCUT2D eigenvalue weighted by Crippen LogP contribution is -2.33. The summed E-state index contributed by atoms with van der Waals surface area (Å²) in [6.07, 6.45) is 5.70. The summed E-state index contributed by atoms with van der Waals surface area (Å²) in [6.45, 7) is 0.614. The van der Waals surface area contributed by atoms with Crippen LogP contribution in [0.15, 0.2) is 24.5 Å². The Labute approximate surface area is 100 Å². The molecule has 1 N–H and O–H groups in total. The molecule has 0 spiro atoms. The molecule has 16 heavy (non-hydrogen) atoms. The molecule has 86 valence electrons. The Kier molecular flexibility index (Phi) is 4.22. The summed E-state index contributed by atoms with van der Waals surface area (Å²) in [6, 6.07) is 3.85. The van der Waals surface area contributed by atoms with Crippen molar-refractivity contribution < 1.29 is 4.79 Å². The van der Waals surface area contributed by atoms with Crippen molar-refractivity contribution in [2.45, 2.75) is 19.4 Å². The Morgan fingerprint density at radius 1 is 1.50 bits per heavy atom. The van der Waals surface area contributed by atoms with E-state index in [2.05, 4.69) is 10.3 Å². The van der Waals surface area contributed by atoms with Gasteiger partial charge in [0.05, 0.1) is 0 Å². The van der Waals surface area contributed by atoms with Gasteiger partial charge in [-0.15, -0.1) is 0 Å². The van der Waals surface area contributed by atoms with Crippen LogP contribution in [0.4, 0.5) is 0 Å². The molecule has 1 saturated heterocycles. The lowest BCUT2D eigenvalue weighted by Gasteiger charge is -2.20. The molecule has 1 aliphatic heterocycles. The molecule has 0 saturated carbocycles. The molecule has 1 aromatic rings. The fourth-order valence-corrected chi connectivity index (χ4v) is 2.92. The Morgan fingerprint density at radius 3 is 3.00 bits per heavy atom. The first-order valence-electron chi connectivity index (χ1n) is 5.60. The summed E-state index contributed by atoms with van der Waals surface area (Å²) >= 11 is 1.88. The standard InChI is InChI=1S/C12H16N2OS/c15-12(11-2-1-7-16-9-11)14-8-10-3-5-13-6-4-10/h3-6,11H,1-2,7-9H2,(H,14,15). The fraction of sp³-hybridized carbons (Fsp3) is 0.500. The van der Waals surface area contributed by atoms with E-state index in [-0.39, 0.29) is 11.8 Å². The second-order valence-electron chi connectivity index (χ2n) is 3.99. The number of thioether (sulfide) groups is 1. The van der Waals surface area contributed by atoms with E-state index in [1.165, 1.54) is 5.75 Å². The van der Waals surface area contributed by atoms with Crippen LogP contribution >= 0.6 is 11.8 Å². The minimum atomic E-state index is 0.198. The number of aromatic nitrogens is 1. The van der Waals surface area contributed by atoms with Gasteiger partial charge in [-0.25, -0.2) is 0 Å². The zero-order valence-corrected chi connectivity index (χ0v) is 10.0. The maximum atomic E-state index is 11.8. The summed E-state index contributed by atoms with van der Waals surface area (Å²) in [5.74, 6) is 2.58. The van der Waals surface area contributed by atoms with E-state index in [0.29, 0.717) is 6.54 Å². The topological polar surface area (TPSA) is 42.0 Å². The van der Waals surface area contributed by atoms with Crippen molar-refractivity contribution in [3.8, 4) is 0 Å². The zero-order chi connectivity index (χ0) is 11.2. The number of amides is 1. The number of rotatable bonds is 3. The molecule has 0 aromatic carbocycles. The summed E-state index contributed by atoms with van der Waals surface area (Å²) in [7, 11) is 0. The van der Waals surface area contributed by atoms with Crippen molar-refractivity contribution in [2.75, 3.05) is 11.5 Å². The minimum Gasteiger partial charge on any atom is -0.352 e. The molecule has 1 fully saturated rings. The van der Waals surface area contributed by atoms with E-state index in [0.717, 1.165) is 24.2 Å². The molecule has 1 aromatic heterocycles. The number of carbonyl (C=O) groups excluding carboxylic acids is 1. The molecule has 0 aliphatic carbocycles. The van der Waals surface area contributed by atoms with Crippen LogP contribution < -0.4 is 5.32 Å². The number of nitrogens with one attached hydrogen (secondary N) is 1. The Hall–Kier alpha value is -1.03. The van der Waals surface area contributed by atoms with Crippen molar-refractivity contribution in [3.05, 3.63) is 30.1 Å². The van der Waals surface area contributed by atoms with Gasteiger partial charge in [-0.05, 0) is 36.3 Å². The van der Waals surface area contributed by atoms with Crippen molar-refractivity contribution in [1.82, 2.24) is 10.3 Å². The summed E-state index contributed by atoms with van der Waals surface area (Å²) in [4.78, 5) is 15.8. The van der Waals surface area contributed by atoms with Crippen LogP contribution in [-0.2, 0) is 11.3 Å². The van der Waals surface area contributed by atoms with Crippen LogP contribution in [0.25, 0.3) is 0 Å². The number of pyridine rings is 1. The largest absolute Gasteiger partial charge is 0.352 e.